The van der Waals surface area contributed by atoms with Crippen LogP contribution in [0.2, 0.25) is 0 Å². The number of benzene rings is 1. The molecule has 3 nitrogen and oxygen atoms in total. The lowest BCUT2D eigenvalue weighted by molar-refractivity contribution is 0.0704. The first kappa shape index (κ1) is 14.3. The van der Waals surface area contributed by atoms with Crippen molar-refractivity contribution in [2.75, 3.05) is 13.2 Å². The number of alkyl halides is 2. The normalized spacial score (nSPS) is 14.7. The number of carbonyl (C=O) groups excluding carboxylic acids is 1. The molecule has 0 bridgehead atoms. The van der Waals surface area contributed by atoms with Gasteiger partial charge in [-0.25, -0.2) is 0 Å². The van der Waals surface area contributed by atoms with Gasteiger partial charge < -0.3 is 10.0 Å². The van der Waals surface area contributed by atoms with Crippen molar-refractivity contribution in [3.05, 3.63) is 29.8 Å². The SMILES string of the molecule is O=C(c1ccccc1SC(F)F)N(CCO)C1CC1. The van der Waals surface area contributed by atoms with Crippen molar-refractivity contribution in [3.8, 4) is 0 Å². The van der Waals surface area contributed by atoms with E-state index in [2.05, 4.69) is 0 Å². The van der Waals surface area contributed by atoms with E-state index in [4.69, 9.17) is 5.11 Å². The summed E-state index contributed by atoms with van der Waals surface area (Å²) in [5, 5.41) is 9.00. The van der Waals surface area contributed by atoms with Crippen LogP contribution in [-0.2, 0) is 0 Å². The summed E-state index contributed by atoms with van der Waals surface area (Å²) in [6.07, 6.45) is 1.83. The molecular formula is C13H15F2NO2S. The molecule has 0 unspecified atom stereocenters. The molecule has 1 aromatic carbocycles. The van der Waals surface area contributed by atoms with Crippen LogP contribution in [-0.4, -0.2) is 40.9 Å². The number of carbonyl (C=O) groups is 1. The molecule has 0 atom stereocenters. The minimum absolute atomic E-state index is 0.119. The Morgan fingerprint density at radius 2 is 2.11 bits per heavy atom. The second-order valence-electron chi connectivity index (χ2n) is 4.33. The van der Waals surface area contributed by atoms with Gasteiger partial charge in [0.25, 0.3) is 11.7 Å². The number of rotatable bonds is 6. The fourth-order valence-corrected chi connectivity index (χ4v) is 2.57. The molecule has 0 heterocycles. The van der Waals surface area contributed by atoms with Crippen LogP contribution in [0.3, 0.4) is 0 Å². The Labute approximate surface area is 114 Å². The summed E-state index contributed by atoms with van der Waals surface area (Å²) in [7, 11) is 0. The summed E-state index contributed by atoms with van der Waals surface area (Å²) >= 11 is 0.378. The number of aliphatic hydroxyl groups is 1. The molecular weight excluding hydrogens is 272 g/mol. The minimum atomic E-state index is -2.55. The third-order valence-corrected chi connectivity index (χ3v) is 3.71. The zero-order chi connectivity index (χ0) is 13.8. The molecule has 6 heteroatoms. The lowest BCUT2D eigenvalue weighted by atomic mass is 10.2. The Kier molecular flexibility index (Phi) is 4.76. The highest BCUT2D eigenvalue weighted by atomic mass is 32.2. The molecule has 1 saturated carbocycles. The fourth-order valence-electron chi connectivity index (χ4n) is 1.94. The maximum Gasteiger partial charge on any atom is 0.288 e. The molecule has 1 aliphatic rings. The van der Waals surface area contributed by atoms with Gasteiger partial charge in [0.15, 0.2) is 0 Å². The number of hydrogen-bond donors (Lipinski definition) is 1. The largest absolute Gasteiger partial charge is 0.395 e. The van der Waals surface area contributed by atoms with E-state index in [0.29, 0.717) is 11.8 Å². The van der Waals surface area contributed by atoms with Gasteiger partial charge in [-0.05, 0) is 25.0 Å². The van der Waals surface area contributed by atoms with Gasteiger partial charge in [0.05, 0.1) is 12.2 Å². The molecule has 0 aromatic heterocycles. The molecule has 1 aliphatic carbocycles. The van der Waals surface area contributed by atoms with Crippen LogP contribution in [0.5, 0.6) is 0 Å². The Morgan fingerprint density at radius 1 is 1.42 bits per heavy atom. The molecule has 1 fully saturated rings. The van der Waals surface area contributed by atoms with Crippen molar-refractivity contribution in [3.63, 3.8) is 0 Å². The van der Waals surface area contributed by atoms with Crippen molar-refractivity contribution < 1.29 is 18.7 Å². The molecule has 0 spiro atoms. The molecule has 1 aromatic rings. The summed E-state index contributed by atoms with van der Waals surface area (Å²) < 4.78 is 25.0. The van der Waals surface area contributed by atoms with Crippen LogP contribution in [0.25, 0.3) is 0 Å². The molecule has 0 aliphatic heterocycles. The van der Waals surface area contributed by atoms with Crippen molar-refractivity contribution >= 4 is 17.7 Å². The average molecular weight is 287 g/mol. The van der Waals surface area contributed by atoms with Gasteiger partial charge in [-0.1, -0.05) is 23.9 Å². The molecule has 0 radical (unpaired) electrons. The Balaban J connectivity index is 2.21. The molecule has 19 heavy (non-hydrogen) atoms. The monoisotopic (exact) mass is 287 g/mol. The van der Waals surface area contributed by atoms with Crippen LogP contribution in [0.1, 0.15) is 23.2 Å². The van der Waals surface area contributed by atoms with Crippen LogP contribution < -0.4 is 0 Å². The van der Waals surface area contributed by atoms with Gasteiger partial charge in [-0.3, -0.25) is 4.79 Å². The molecule has 2 rings (SSSR count). The molecule has 0 saturated heterocycles. The third-order valence-electron chi connectivity index (χ3n) is 2.92. The highest BCUT2D eigenvalue weighted by molar-refractivity contribution is 7.99. The first-order chi connectivity index (χ1) is 9.13. The predicted octanol–water partition coefficient (Wildman–Crippen LogP) is 2.60. The predicted molar refractivity (Wildman–Crippen MR) is 69.4 cm³/mol. The lowest BCUT2D eigenvalue weighted by Gasteiger charge is -2.22. The molecule has 104 valence electrons. The number of halogens is 2. The number of thioether (sulfide) groups is 1. The Bertz CT molecular complexity index is 452. The number of aliphatic hydroxyl groups excluding tert-OH is 1. The average Bonchev–Trinajstić information content (AvgIpc) is 3.19. The van der Waals surface area contributed by atoms with Crippen LogP contribution in [0.4, 0.5) is 8.78 Å². The quantitative estimate of drug-likeness (QED) is 0.818. The number of nitrogens with zero attached hydrogens (tertiary/aromatic N) is 1. The van der Waals surface area contributed by atoms with Crippen molar-refractivity contribution in [1.29, 1.82) is 0 Å². The zero-order valence-corrected chi connectivity index (χ0v) is 11.1. The van der Waals surface area contributed by atoms with Crippen LogP contribution in [0, 0.1) is 0 Å². The second-order valence-corrected chi connectivity index (χ2v) is 5.36. The van der Waals surface area contributed by atoms with Gasteiger partial charge in [0.2, 0.25) is 0 Å². The third kappa shape index (κ3) is 3.67. The summed E-state index contributed by atoms with van der Waals surface area (Å²) in [5.41, 5.74) is 0.285. The maximum atomic E-state index is 12.5. The summed E-state index contributed by atoms with van der Waals surface area (Å²) in [6, 6.07) is 6.51. The lowest BCUT2D eigenvalue weighted by Crippen LogP contribution is -2.35. The standard InChI is InChI=1S/C13H15F2NO2S/c14-13(15)19-11-4-2-1-3-10(11)12(18)16(7-8-17)9-5-6-9/h1-4,9,13,17H,5-8H2. The van der Waals surface area contributed by atoms with Gasteiger partial charge >= 0.3 is 0 Å². The van der Waals surface area contributed by atoms with E-state index >= 15 is 0 Å². The van der Waals surface area contributed by atoms with Gasteiger partial charge in [0.1, 0.15) is 0 Å². The van der Waals surface area contributed by atoms with E-state index in [1.807, 2.05) is 0 Å². The van der Waals surface area contributed by atoms with E-state index in [9.17, 15) is 13.6 Å². The smallest absolute Gasteiger partial charge is 0.288 e. The Morgan fingerprint density at radius 3 is 2.68 bits per heavy atom. The van der Waals surface area contributed by atoms with Gasteiger partial charge in [0, 0.05) is 17.5 Å². The fraction of sp³-hybridized carbons (Fsp3) is 0.462. The van der Waals surface area contributed by atoms with E-state index in [-0.39, 0.29) is 35.6 Å². The van der Waals surface area contributed by atoms with Gasteiger partial charge in [-0.2, -0.15) is 8.78 Å². The maximum absolute atomic E-state index is 12.5. The summed E-state index contributed by atoms with van der Waals surface area (Å²) in [4.78, 5) is 14.2. The topological polar surface area (TPSA) is 40.5 Å². The number of amides is 1. The minimum Gasteiger partial charge on any atom is -0.395 e. The van der Waals surface area contributed by atoms with E-state index in [0.717, 1.165) is 12.8 Å². The van der Waals surface area contributed by atoms with E-state index < -0.39 is 5.76 Å². The van der Waals surface area contributed by atoms with Crippen LogP contribution >= 0.6 is 11.8 Å². The van der Waals surface area contributed by atoms with Crippen molar-refractivity contribution in [2.24, 2.45) is 0 Å². The highest BCUT2D eigenvalue weighted by Crippen LogP contribution is 2.32. The highest BCUT2D eigenvalue weighted by Gasteiger charge is 2.33. The molecule has 1 N–H and O–H groups in total. The zero-order valence-electron chi connectivity index (χ0n) is 10.3. The van der Waals surface area contributed by atoms with E-state index in [1.54, 1.807) is 23.1 Å². The second kappa shape index (κ2) is 6.34. The van der Waals surface area contributed by atoms with E-state index in [1.165, 1.54) is 6.07 Å². The summed E-state index contributed by atoms with van der Waals surface area (Å²) in [6.45, 7) is 0.129. The first-order valence-corrected chi connectivity index (χ1v) is 6.97. The number of hydrogen-bond acceptors (Lipinski definition) is 3. The van der Waals surface area contributed by atoms with Crippen molar-refractivity contribution in [2.45, 2.75) is 29.5 Å². The molecule has 1 amide bonds. The van der Waals surface area contributed by atoms with Crippen LogP contribution in [0.15, 0.2) is 29.2 Å². The summed E-state index contributed by atoms with van der Waals surface area (Å²) in [5.74, 6) is -2.83. The Hall–Kier alpha value is -1.14. The van der Waals surface area contributed by atoms with Crippen molar-refractivity contribution in [1.82, 2.24) is 4.90 Å². The first-order valence-electron chi connectivity index (χ1n) is 6.09. The van der Waals surface area contributed by atoms with Gasteiger partial charge in [-0.15, -0.1) is 0 Å².